The largest absolute Gasteiger partial charge is 0.508 e. The van der Waals surface area contributed by atoms with Gasteiger partial charge in [0.2, 0.25) is 5.91 Å². The minimum absolute atomic E-state index is 0.0335. The Hall–Kier alpha value is -4.23. The first-order valence-corrected chi connectivity index (χ1v) is 11.6. The summed E-state index contributed by atoms with van der Waals surface area (Å²) in [6.45, 7) is 0. The first kappa shape index (κ1) is 22.6. The first-order chi connectivity index (χ1) is 16.9. The predicted octanol–water partition coefficient (Wildman–Crippen LogP) is 4.24. The average molecular weight is 527 g/mol. The van der Waals surface area contributed by atoms with Gasteiger partial charge in [0.25, 0.3) is 5.91 Å². The van der Waals surface area contributed by atoms with Crippen LogP contribution < -0.4 is 15.9 Å². The van der Waals surface area contributed by atoms with E-state index >= 15 is 0 Å². The molecule has 4 aromatic rings. The first-order valence-electron chi connectivity index (χ1n) is 10.8. The van der Waals surface area contributed by atoms with E-state index in [0.717, 1.165) is 43.0 Å². The van der Waals surface area contributed by atoms with Gasteiger partial charge in [-0.05, 0) is 76.9 Å². The summed E-state index contributed by atoms with van der Waals surface area (Å²) in [6.07, 6.45) is 1.53. The maximum absolute atomic E-state index is 12.0. The average Bonchev–Trinajstić information content (AvgIpc) is 3.37. The van der Waals surface area contributed by atoms with Crippen molar-refractivity contribution in [1.29, 1.82) is 0 Å². The SMILES string of the molecule is O=C1C=c2cc(-c3ccc(O)cc3)ccc2=N1.O=C1Nc2ccc(Br)cc2C1c1ccc(O)cc1. The highest BCUT2D eigenvalue weighted by Gasteiger charge is 2.31. The van der Waals surface area contributed by atoms with Crippen molar-refractivity contribution in [2.45, 2.75) is 5.92 Å². The van der Waals surface area contributed by atoms with Crippen LogP contribution in [0.3, 0.4) is 0 Å². The summed E-state index contributed by atoms with van der Waals surface area (Å²) in [6, 6.07) is 25.1. The van der Waals surface area contributed by atoms with Crippen molar-refractivity contribution >= 4 is 39.5 Å². The topological polar surface area (TPSA) is 99.0 Å². The summed E-state index contributed by atoms with van der Waals surface area (Å²) in [5, 5.41) is 23.0. The summed E-state index contributed by atoms with van der Waals surface area (Å²) in [5.74, 6) is -0.104. The molecule has 0 fully saturated rings. The van der Waals surface area contributed by atoms with Crippen molar-refractivity contribution in [3.8, 4) is 22.6 Å². The van der Waals surface area contributed by atoms with E-state index in [0.29, 0.717) is 0 Å². The lowest BCUT2D eigenvalue weighted by Crippen LogP contribution is -2.20. The number of fused-ring (bicyclic) bond motifs is 2. The second-order valence-electron chi connectivity index (χ2n) is 8.16. The van der Waals surface area contributed by atoms with Gasteiger partial charge in [-0.1, -0.05) is 46.3 Å². The monoisotopic (exact) mass is 526 g/mol. The fourth-order valence-electron chi connectivity index (χ4n) is 4.12. The van der Waals surface area contributed by atoms with Crippen molar-refractivity contribution in [2.75, 3.05) is 5.32 Å². The summed E-state index contributed by atoms with van der Waals surface area (Å²) in [4.78, 5) is 27.0. The molecule has 0 spiro atoms. The highest BCUT2D eigenvalue weighted by molar-refractivity contribution is 9.10. The number of hydrogen-bond acceptors (Lipinski definition) is 4. The third kappa shape index (κ3) is 4.72. The number of nitrogens with zero attached hydrogens (tertiary/aromatic N) is 1. The van der Waals surface area contributed by atoms with Crippen LogP contribution in [-0.2, 0) is 9.59 Å². The number of anilines is 1. The summed E-state index contributed by atoms with van der Waals surface area (Å²) < 4.78 is 0.946. The minimum Gasteiger partial charge on any atom is -0.508 e. The van der Waals surface area contributed by atoms with Crippen molar-refractivity contribution in [2.24, 2.45) is 4.99 Å². The van der Waals surface area contributed by atoms with Crippen LogP contribution in [0.5, 0.6) is 11.5 Å². The van der Waals surface area contributed by atoms with Gasteiger partial charge in [0.1, 0.15) is 11.5 Å². The van der Waals surface area contributed by atoms with Crippen LogP contribution in [0, 0.1) is 0 Å². The summed E-state index contributed by atoms with van der Waals surface area (Å²) in [5.41, 5.74) is 4.69. The standard InChI is InChI=1S/C14H10BrNO2.C14H9NO2/c15-9-3-6-12-11(7-9)13(14(18)16-12)8-1-4-10(17)5-2-8;16-12-4-1-9(2-5-12)10-3-6-13-11(7-10)8-14(17)15-13/h1-7,13,17H,(H,16,18);1-8,16H. The second-order valence-corrected chi connectivity index (χ2v) is 9.08. The molecule has 0 aliphatic carbocycles. The van der Waals surface area contributed by atoms with Gasteiger partial charge in [-0.15, -0.1) is 0 Å². The highest BCUT2D eigenvalue weighted by Crippen LogP contribution is 2.38. The molecule has 2 amide bonds. The van der Waals surface area contributed by atoms with E-state index < -0.39 is 0 Å². The maximum atomic E-state index is 12.0. The Labute approximate surface area is 209 Å². The number of carbonyl (C=O) groups is 2. The number of hydrogen-bond donors (Lipinski definition) is 3. The van der Waals surface area contributed by atoms with Crippen molar-refractivity contribution in [3.63, 3.8) is 0 Å². The quantitative estimate of drug-likeness (QED) is 0.363. The molecule has 2 aliphatic heterocycles. The van der Waals surface area contributed by atoms with E-state index in [9.17, 15) is 19.8 Å². The molecule has 2 heterocycles. The van der Waals surface area contributed by atoms with Crippen LogP contribution in [0.1, 0.15) is 17.0 Å². The van der Waals surface area contributed by atoms with Crippen molar-refractivity contribution < 1.29 is 19.8 Å². The molecule has 172 valence electrons. The zero-order valence-electron chi connectivity index (χ0n) is 18.3. The third-order valence-corrected chi connectivity index (χ3v) is 6.30. The Morgan fingerprint density at radius 1 is 0.771 bits per heavy atom. The van der Waals surface area contributed by atoms with E-state index in [1.807, 2.05) is 48.5 Å². The van der Waals surface area contributed by atoms with E-state index in [1.165, 1.54) is 6.08 Å². The number of phenols is 2. The molecule has 2 aliphatic rings. The van der Waals surface area contributed by atoms with Gasteiger partial charge in [-0.25, -0.2) is 4.99 Å². The van der Waals surface area contributed by atoms with E-state index in [4.69, 9.17) is 0 Å². The molecule has 1 unspecified atom stereocenters. The predicted molar refractivity (Wildman–Crippen MR) is 137 cm³/mol. The molecule has 0 aromatic heterocycles. The third-order valence-electron chi connectivity index (χ3n) is 5.81. The molecule has 3 N–H and O–H groups in total. The zero-order chi connectivity index (χ0) is 24.5. The molecular weight excluding hydrogens is 508 g/mol. The number of carbonyl (C=O) groups excluding carboxylic acids is 2. The summed E-state index contributed by atoms with van der Waals surface area (Å²) in [7, 11) is 0. The van der Waals surface area contributed by atoms with Gasteiger partial charge >= 0.3 is 0 Å². The van der Waals surface area contributed by atoms with Gasteiger partial charge in [-0.3, -0.25) is 9.59 Å². The Morgan fingerprint density at radius 3 is 2.14 bits per heavy atom. The fraction of sp³-hybridized carbons (Fsp3) is 0.0357. The van der Waals surface area contributed by atoms with Crippen LogP contribution >= 0.6 is 15.9 Å². The highest BCUT2D eigenvalue weighted by atomic mass is 79.9. The zero-order valence-corrected chi connectivity index (χ0v) is 19.9. The molecule has 0 saturated heterocycles. The Kier molecular flexibility index (Phi) is 5.93. The lowest BCUT2D eigenvalue weighted by Gasteiger charge is -2.09. The van der Waals surface area contributed by atoms with Crippen LogP contribution in [0.4, 0.5) is 5.69 Å². The molecule has 1 atom stereocenters. The van der Waals surface area contributed by atoms with Gasteiger partial charge in [0.05, 0.1) is 11.3 Å². The molecule has 0 radical (unpaired) electrons. The molecule has 4 aromatic carbocycles. The maximum Gasteiger partial charge on any atom is 0.270 e. The molecule has 0 bridgehead atoms. The number of rotatable bonds is 2. The van der Waals surface area contributed by atoms with Gasteiger partial charge in [-0.2, -0.15) is 0 Å². The van der Waals surface area contributed by atoms with Crippen molar-refractivity contribution in [3.05, 3.63) is 111 Å². The Balaban J connectivity index is 0.000000145. The minimum atomic E-state index is -0.307. The molecular formula is C28H19BrN2O4. The normalized spacial score (nSPS) is 15.2. The molecule has 35 heavy (non-hydrogen) atoms. The fourth-order valence-corrected chi connectivity index (χ4v) is 4.50. The number of nitrogens with one attached hydrogen (secondary N) is 1. The number of aromatic hydroxyl groups is 2. The van der Waals surface area contributed by atoms with E-state index in [1.54, 1.807) is 36.4 Å². The number of amides is 2. The van der Waals surface area contributed by atoms with E-state index in [2.05, 4.69) is 26.2 Å². The lowest BCUT2D eigenvalue weighted by atomic mass is 9.93. The second kappa shape index (κ2) is 9.19. The van der Waals surface area contributed by atoms with Crippen LogP contribution in [0.15, 0.2) is 94.4 Å². The van der Waals surface area contributed by atoms with Gasteiger partial charge in [0.15, 0.2) is 0 Å². The molecule has 0 saturated carbocycles. The van der Waals surface area contributed by atoms with Crippen LogP contribution in [0.2, 0.25) is 0 Å². The number of phenolic OH excluding ortho intramolecular Hbond substituents is 2. The molecule has 6 rings (SSSR count). The Morgan fingerprint density at radius 2 is 1.43 bits per heavy atom. The number of benzene rings is 4. The van der Waals surface area contributed by atoms with Gasteiger partial charge in [0, 0.05) is 21.5 Å². The number of halogens is 1. The molecule has 7 heteroatoms. The van der Waals surface area contributed by atoms with Crippen LogP contribution in [-0.4, -0.2) is 22.0 Å². The lowest BCUT2D eigenvalue weighted by molar-refractivity contribution is -0.116. The Bertz CT molecular complexity index is 1580. The summed E-state index contributed by atoms with van der Waals surface area (Å²) >= 11 is 3.42. The van der Waals surface area contributed by atoms with E-state index in [-0.39, 0.29) is 29.2 Å². The smallest absolute Gasteiger partial charge is 0.270 e. The van der Waals surface area contributed by atoms with Gasteiger partial charge < -0.3 is 15.5 Å². The molecule has 6 nitrogen and oxygen atoms in total. The van der Waals surface area contributed by atoms with Crippen molar-refractivity contribution in [1.82, 2.24) is 0 Å². The van der Waals surface area contributed by atoms with Crippen LogP contribution in [0.25, 0.3) is 17.2 Å².